The molecule has 0 saturated heterocycles. The summed E-state index contributed by atoms with van der Waals surface area (Å²) in [5.74, 6) is 0.586. The van der Waals surface area contributed by atoms with Crippen LogP contribution < -0.4 is 10.6 Å². The largest absolute Gasteiger partial charge is 0.353 e. The molecule has 1 aliphatic heterocycles. The van der Waals surface area contributed by atoms with Gasteiger partial charge in [-0.15, -0.1) is 11.3 Å². The van der Waals surface area contributed by atoms with Crippen molar-refractivity contribution in [2.75, 3.05) is 19.6 Å². The molecule has 1 unspecified atom stereocenters. The smallest absolute Gasteiger partial charge is 0.272 e. The number of carbonyl (C=O) groups is 2. The van der Waals surface area contributed by atoms with E-state index < -0.39 is 0 Å². The minimum atomic E-state index is -0.0950. The van der Waals surface area contributed by atoms with Crippen LogP contribution in [0.4, 0.5) is 0 Å². The Morgan fingerprint density at radius 1 is 1.21 bits per heavy atom. The molecule has 2 N–H and O–H groups in total. The Kier molecular flexibility index (Phi) is 8.14. The molecule has 0 saturated carbocycles. The van der Waals surface area contributed by atoms with Crippen molar-refractivity contribution in [2.24, 2.45) is 5.92 Å². The Morgan fingerprint density at radius 2 is 2.06 bits per heavy atom. The van der Waals surface area contributed by atoms with Crippen LogP contribution in [0.1, 0.15) is 73.4 Å². The highest BCUT2D eigenvalue weighted by Gasteiger charge is 2.30. The fraction of sp³-hybridized carbons (Fsp3) is 0.667. The fourth-order valence-corrected chi connectivity index (χ4v) is 5.27. The second-order valence-corrected chi connectivity index (χ2v) is 10.4. The Labute approximate surface area is 200 Å². The third-order valence-electron chi connectivity index (χ3n) is 6.53. The number of nitrogens with zero attached hydrogens (tertiary/aromatic N) is 4. The summed E-state index contributed by atoms with van der Waals surface area (Å²) in [6.45, 7) is 8.32. The molecule has 9 heteroatoms. The first kappa shape index (κ1) is 23.9. The van der Waals surface area contributed by atoms with Gasteiger partial charge in [-0.3, -0.25) is 19.2 Å². The van der Waals surface area contributed by atoms with Crippen LogP contribution in [0.2, 0.25) is 0 Å². The van der Waals surface area contributed by atoms with Crippen molar-refractivity contribution >= 4 is 23.2 Å². The van der Waals surface area contributed by atoms with E-state index in [0.29, 0.717) is 31.0 Å². The van der Waals surface area contributed by atoms with Gasteiger partial charge in [0.05, 0.1) is 11.2 Å². The van der Waals surface area contributed by atoms with Gasteiger partial charge in [0.1, 0.15) is 0 Å². The maximum absolute atomic E-state index is 13.1. The van der Waals surface area contributed by atoms with Crippen molar-refractivity contribution in [3.05, 3.63) is 33.5 Å². The number of thiazole rings is 1. The Balaban J connectivity index is 1.50. The second kappa shape index (κ2) is 11.2. The summed E-state index contributed by atoms with van der Waals surface area (Å²) in [7, 11) is 0. The fourth-order valence-electron chi connectivity index (χ4n) is 4.72. The van der Waals surface area contributed by atoms with E-state index in [1.54, 1.807) is 11.3 Å². The normalized spacial score (nSPS) is 20.8. The van der Waals surface area contributed by atoms with Crippen LogP contribution in [0.15, 0.2) is 10.9 Å². The van der Waals surface area contributed by atoms with Crippen molar-refractivity contribution in [1.82, 2.24) is 30.3 Å². The monoisotopic (exact) mass is 472 g/mol. The molecule has 2 bridgehead atoms. The van der Waals surface area contributed by atoms with Crippen LogP contribution in [0.3, 0.4) is 0 Å². The van der Waals surface area contributed by atoms with E-state index in [1.807, 2.05) is 10.2 Å². The lowest BCUT2D eigenvalue weighted by molar-refractivity contribution is -0.122. The predicted molar refractivity (Wildman–Crippen MR) is 129 cm³/mol. The number of aryl methyl sites for hydroxylation is 1. The number of aromatic nitrogens is 3. The lowest BCUT2D eigenvalue weighted by Gasteiger charge is -2.25. The molecule has 2 aromatic rings. The number of rotatable bonds is 5. The second-order valence-electron chi connectivity index (χ2n) is 9.66. The van der Waals surface area contributed by atoms with Gasteiger partial charge in [0.25, 0.3) is 5.91 Å². The van der Waals surface area contributed by atoms with Gasteiger partial charge in [0, 0.05) is 55.3 Å². The first-order valence-electron chi connectivity index (χ1n) is 12.2. The molecule has 0 aromatic carbocycles. The number of fused-ring (bicyclic) bond motifs is 1. The first-order chi connectivity index (χ1) is 16.0. The molecular weight excluding hydrogens is 436 g/mol. The van der Waals surface area contributed by atoms with Gasteiger partial charge in [-0.2, -0.15) is 5.10 Å². The van der Waals surface area contributed by atoms with Gasteiger partial charge >= 0.3 is 0 Å². The summed E-state index contributed by atoms with van der Waals surface area (Å²) in [4.78, 5) is 32.5. The molecule has 0 spiro atoms. The molecule has 4 rings (SSSR count). The van der Waals surface area contributed by atoms with E-state index in [0.717, 1.165) is 69.5 Å². The molecule has 33 heavy (non-hydrogen) atoms. The van der Waals surface area contributed by atoms with Crippen LogP contribution in [-0.2, 0) is 30.7 Å². The third-order valence-corrected chi connectivity index (χ3v) is 7.16. The van der Waals surface area contributed by atoms with Gasteiger partial charge in [0.15, 0.2) is 5.69 Å². The molecule has 3 heterocycles. The molecule has 2 amide bonds. The maximum Gasteiger partial charge on any atom is 0.272 e. The zero-order valence-electron chi connectivity index (χ0n) is 19.8. The summed E-state index contributed by atoms with van der Waals surface area (Å²) in [6.07, 6.45) is 5.64. The van der Waals surface area contributed by atoms with Crippen molar-refractivity contribution in [2.45, 2.75) is 77.9 Å². The zero-order chi connectivity index (χ0) is 23.2. The number of nitrogens with one attached hydrogen (secondary N) is 2. The molecule has 2 aromatic heterocycles. The summed E-state index contributed by atoms with van der Waals surface area (Å²) < 4.78 is 2.04. The maximum atomic E-state index is 13.1. The highest BCUT2D eigenvalue weighted by atomic mass is 32.1. The standard InChI is InChI=1S/C24H36N6O2S/c1-17(2)8-12-30-21-7-6-18-13-20(21)23(28-30)24(32)25-9-4-11-29(10-3-5-22(31)27-18)14-19-15-33-16-26-19/h15-18H,3-14H2,1-2H3,(H,25,32)(H,27,31). The zero-order valence-corrected chi connectivity index (χ0v) is 20.6. The van der Waals surface area contributed by atoms with E-state index >= 15 is 0 Å². The lowest BCUT2D eigenvalue weighted by Crippen LogP contribution is -2.39. The van der Waals surface area contributed by atoms with Crippen molar-refractivity contribution < 1.29 is 9.59 Å². The quantitative estimate of drug-likeness (QED) is 0.698. The van der Waals surface area contributed by atoms with Gasteiger partial charge in [-0.1, -0.05) is 13.8 Å². The van der Waals surface area contributed by atoms with Crippen molar-refractivity contribution in [3.8, 4) is 0 Å². The van der Waals surface area contributed by atoms with E-state index in [4.69, 9.17) is 5.10 Å². The summed E-state index contributed by atoms with van der Waals surface area (Å²) in [5, 5.41) is 13.1. The van der Waals surface area contributed by atoms with E-state index in [2.05, 4.69) is 39.7 Å². The van der Waals surface area contributed by atoms with Crippen LogP contribution in [0, 0.1) is 5.92 Å². The lowest BCUT2D eigenvalue weighted by atomic mass is 9.91. The molecule has 180 valence electrons. The van der Waals surface area contributed by atoms with Gasteiger partial charge in [-0.05, 0) is 51.0 Å². The number of hydrogen-bond donors (Lipinski definition) is 2. The van der Waals surface area contributed by atoms with Crippen LogP contribution in [-0.4, -0.2) is 57.2 Å². The highest BCUT2D eigenvalue weighted by molar-refractivity contribution is 7.07. The van der Waals surface area contributed by atoms with Gasteiger partial charge in [0.2, 0.25) is 5.91 Å². The molecule has 8 nitrogen and oxygen atoms in total. The van der Waals surface area contributed by atoms with Gasteiger partial charge in [-0.25, -0.2) is 4.98 Å². The van der Waals surface area contributed by atoms with E-state index in [9.17, 15) is 9.59 Å². The molecular formula is C24H36N6O2S. The highest BCUT2D eigenvalue weighted by Crippen LogP contribution is 2.26. The van der Waals surface area contributed by atoms with Crippen LogP contribution in [0.25, 0.3) is 0 Å². The molecule has 0 fully saturated rings. The Hall–Kier alpha value is -2.26. The Bertz CT molecular complexity index is 939. The van der Waals surface area contributed by atoms with Gasteiger partial charge < -0.3 is 10.6 Å². The molecule has 0 radical (unpaired) electrons. The van der Waals surface area contributed by atoms with Crippen LogP contribution >= 0.6 is 11.3 Å². The number of hydrogen-bond acceptors (Lipinski definition) is 6. The van der Waals surface area contributed by atoms with E-state index in [1.165, 1.54) is 5.69 Å². The Morgan fingerprint density at radius 3 is 2.85 bits per heavy atom. The van der Waals surface area contributed by atoms with Crippen molar-refractivity contribution in [1.29, 1.82) is 0 Å². The average Bonchev–Trinajstić information content (AvgIpc) is 3.42. The summed E-state index contributed by atoms with van der Waals surface area (Å²) in [6, 6.07) is 0.0653. The SMILES string of the molecule is CC(C)CCn1nc2c3c1CCC(C3)NC(=O)CCCN(Cc1cscn1)CCCNC2=O. The third kappa shape index (κ3) is 6.41. The molecule has 1 atom stereocenters. The van der Waals surface area contributed by atoms with Crippen LogP contribution in [0.5, 0.6) is 0 Å². The topological polar surface area (TPSA) is 92.2 Å². The minimum absolute atomic E-state index is 0.0653. The number of carbonyl (C=O) groups excluding carboxylic acids is 2. The predicted octanol–water partition coefficient (Wildman–Crippen LogP) is 2.78. The summed E-state index contributed by atoms with van der Waals surface area (Å²) >= 11 is 1.60. The summed E-state index contributed by atoms with van der Waals surface area (Å²) in [5.41, 5.74) is 5.64. The minimum Gasteiger partial charge on any atom is -0.353 e. The molecule has 1 aliphatic carbocycles. The average molecular weight is 473 g/mol. The van der Waals surface area contributed by atoms with Crippen molar-refractivity contribution in [3.63, 3.8) is 0 Å². The molecule has 2 aliphatic rings. The number of amides is 2. The van der Waals surface area contributed by atoms with E-state index in [-0.39, 0.29) is 17.9 Å². The first-order valence-corrected chi connectivity index (χ1v) is 13.2.